The predicted octanol–water partition coefficient (Wildman–Crippen LogP) is 4.25. The van der Waals surface area contributed by atoms with Crippen molar-refractivity contribution in [1.82, 2.24) is 19.7 Å². The Labute approximate surface area is 184 Å². The topological polar surface area (TPSA) is 96.9 Å². The molecule has 31 heavy (non-hydrogen) atoms. The zero-order valence-electron chi connectivity index (χ0n) is 19.1. The van der Waals surface area contributed by atoms with Gasteiger partial charge < -0.3 is 15.6 Å². The highest BCUT2D eigenvalue weighted by Gasteiger charge is 2.24. The van der Waals surface area contributed by atoms with Crippen molar-refractivity contribution in [3.8, 4) is 0 Å². The van der Waals surface area contributed by atoms with Gasteiger partial charge in [0.25, 0.3) is 0 Å². The van der Waals surface area contributed by atoms with E-state index in [9.17, 15) is 0 Å². The van der Waals surface area contributed by atoms with Crippen LogP contribution in [0.5, 0.6) is 0 Å². The molecule has 2 unspecified atom stereocenters. The molecule has 0 saturated heterocycles. The molecule has 7 nitrogen and oxygen atoms in total. The van der Waals surface area contributed by atoms with Crippen LogP contribution in [0, 0.1) is 0 Å². The van der Waals surface area contributed by atoms with Gasteiger partial charge in [0.05, 0.1) is 17.3 Å². The van der Waals surface area contributed by atoms with Gasteiger partial charge in [0.1, 0.15) is 0 Å². The molecule has 0 aliphatic heterocycles. The zero-order chi connectivity index (χ0) is 22.0. The quantitative estimate of drug-likeness (QED) is 0.554. The molecule has 0 radical (unpaired) electrons. The molecule has 0 spiro atoms. The molecule has 2 atom stereocenters. The van der Waals surface area contributed by atoms with E-state index in [4.69, 9.17) is 15.7 Å². The second kappa shape index (κ2) is 9.22. The van der Waals surface area contributed by atoms with Crippen LogP contribution in [0.1, 0.15) is 76.6 Å². The highest BCUT2D eigenvalue weighted by molar-refractivity contribution is 5.87. The molecular weight excluding hydrogens is 386 g/mol. The molecule has 1 aliphatic rings. The summed E-state index contributed by atoms with van der Waals surface area (Å²) in [6.07, 6.45) is 4.41. The molecule has 0 bridgehead atoms. The molecule has 4 rings (SSSR count). The number of nitrogens with one attached hydrogen (secondary N) is 2. The molecule has 1 saturated carbocycles. The molecular formula is C24H35N7. The number of benzene rings is 1. The number of hydrogen-bond donors (Lipinski definition) is 3. The van der Waals surface area contributed by atoms with Gasteiger partial charge >= 0.3 is 0 Å². The van der Waals surface area contributed by atoms with Crippen molar-refractivity contribution in [3.05, 3.63) is 47.2 Å². The standard InChI is InChI=1S/C24H35N7/c1-15(2)20-22-21(30-29-20)23(26-14-17-10-6-5-7-11-17)28-24(31(22)16(3)4)27-19-13-9-8-12-18(19)25/h5-7,10-11,15-16,18-19H,8-9,12-14,25H2,1-4H3,(H,29,30)(H,26,27,28). The molecule has 1 aromatic carbocycles. The van der Waals surface area contributed by atoms with Crippen LogP contribution in [-0.2, 0) is 6.54 Å². The Morgan fingerprint density at radius 2 is 1.90 bits per heavy atom. The molecule has 166 valence electrons. The number of aromatic nitrogens is 4. The van der Waals surface area contributed by atoms with Crippen LogP contribution in [-0.4, -0.2) is 31.8 Å². The maximum Gasteiger partial charge on any atom is 0.227 e. The van der Waals surface area contributed by atoms with Gasteiger partial charge in [0, 0.05) is 18.6 Å². The number of nitrogens with zero attached hydrogens (tertiary/aromatic N) is 4. The summed E-state index contributed by atoms with van der Waals surface area (Å²) >= 11 is 0. The van der Waals surface area contributed by atoms with Gasteiger partial charge in [-0.05, 0) is 38.2 Å². The summed E-state index contributed by atoms with van der Waals surface area (Å²) in [5, 5.41) is 11.4. The first-order valence-corrected chi connectivity index (χ1v) is 11.5. The fourth-order valence-corrected chi connectivity index (χ4v) is 4.40. The third-order valence-corrected chi connectivity index (χ3v) is 6.12. The van der Waals surface area contributed by atoms with E-state index in [1.165, 1.54) is 18.4 Å². The van der Waals surface area contributed by atoms with Crippen LogP contribution in [0.2, 0.25) is 0 Å². The molecule has 1 fully saturated rings. The van der Waals surface area contributed by atoms with E-state index in [1.807, 2.05) is 18.2 Å². The van der Waals surface area contributed by atoms with Crippen LogP contribution in [0.15, 0.2) is 35.3 Å². The van der Waals surface area contributed by atoms with Gasteiger partial charge in [-0.25, -0.2) is 4.99 Å². The maximum absolute atomic E-state index is 6.43. The first-order valence-electron chi connectivity index (χ1n) is 11.5. The maximum atomic E-state index is 6.43. The third kappa shape index (κ3) is 4.51. The minimum atomic E-state index is 0.0986. The third-order valence-electron chi connectivity index (χ3n) is 6.12. The van der Waals surface area contributed by atoms with Crippen molar-refractivity contribution >= 4 is 16.9 Å². The Kier molecular flexibility index (Phi) is 6.41. The zero-order valence-corrected chi connectivity index (χ0v) is 19.1. The predicted molar refractivity (Wildman–Crippen MR) is 126 cm³/mol. The Morgan fingerprint density at radius 3 is 2.58 bits per heavy atom. The van der Waals surface area contributed by atoms with E-state index in [-0.39, 0.29) is 18.1 Å². The van der Waals surface area contributed by atoms with Gasteiger partial charge in [0.15, 0.2) is 11.3 Å². The summed E-state index contributed by atoms with van der Waals surface area (Å²) < 4.78 is 2.23. The van der Waals surface area contributed by atoms with Crippen LogP contribution in [0.25, 0.3) is 11.0 Å². The van der Waals surface area contributed by atoms with Gasteiger partial charge in [-0.2, -0.15) is 10.1 Å². The van der Waals surface area contributed by atoms with Gasteiger partial charge in [0.2, 0.25) is 5.62 Å². The highest BCUT2D eigenvalue weighted by Crippen LogP contribution is 2.28. The lowest BCUT2D eigenvalue weighted by Gasteiger charge is -2.25. The molecule has 2 heterocycles. The fourth-order valence-electron chi connectivity index (χ4n) is 4.40. The minimum Gasteiger partial charge on any atom is -0.364 e. The van der Waals surface area contributed by atoms with E-state index >= 15 is 0 Å². The first-order chi connectivity index (χ1) is 15.0. The number of fused-ring (bicyclic) bond motifs is 1. The summed E-state index contributed by atoms with van der Waals surface area (Å²) in [5.41, 5.74) is 11.4. The summed E-state index contributed by atoms with van der Waals surface area (Å²) in [5.74, 6) is 1.08. The molecule has 7 heteroatoms. The van der Waals surface area contributed by atoms with Gasteiger partial charge in [-0.15, -0.1) is 0 Å². The Balaban J connectivity index is 1.87. The number of aromatic amines is 1. The average molecular weight is 422 g/mol. The number of hydrogen-bond acceptors (Lipinski definition) is 5. The first kappa shape index (κ1) is 21.6. The largest absolute Gasteiger partial charge is 0.364 e. The molecule has 4 N–H and O–H groups in total. The smallest absolute Gasteiger partial charge is 0.227 e. The van der Waals surface area contributed by atoms with Crippen LogP contribution < -0.4 is 16.7 Å². The summed E-state index contributed by atoms with van der Waals surface area (Å²) in [4.78, 5) is 10.1. The number of anilines is 1. The summed E-state index contributed by atoms with van der Waals surface area (Å²) in [6.45, 7) is 9.40. The lowest BCUT2D eigenvalue weighted by Crippen LogP contribution is -2.39. The molecule has 0 amide bonds. The van der Waals surface area contributed by atoms with Crippen molar-refractivity contribution < 1.29 is 0 Å². The van der Waals surface area contributed by atoms with E-state index in [0.717, 1.165) is 41.0 Å². The van der Waals surface area contributed by atoms with Gasteiger partial charge in [-0.3, -0.25) is 5.10 Å². The summed E-state index contributed by atoms with van der Waals surface area (Å²) in [7, 11) is 0. The molecule has 1 aliphatic carbocycles. The lowest BCUT2D eigenvalue weighted by molar-refractivity contribution is 0.375. The monoisotopic (exact) mass is 421 g/mol. The van der Waals surface area contributed by atoms with Crippen LogP contribution in [0.3, 0.4) is 0 Å². The van der Waals surface area contributed by atoms with Crippen molar-refractivity contribution in [2.75, 3.05) is 5.32 Å². The van der Waals surface area contributed by atoms with E-state index < -0.39 is 0 Å². The number of rotatable bonds is 6. The second-order valence-corrected chi connectivity index (χ2v) is 9.20. The Bertz CT molecular complexity index is 1080. The fraction of sp³-hybridized carbons (Fsp3) is 0.542. The molecule has 3 aromatic rings. The van der Waals surface area contributed by atoms with Gasteiger partial charge in [-0.1, -0.05) is 57.0 Å². The van der Waals surface area contributed by atoms with E-state index in [1.54, 1.807) is 0 Å². The van der Waals surface area contributed by atoms with Crippen molar-refractivity contribution in [2.45, 2.75) is 84.0 Å². The average Bonchev–Trinajstić information content (AvgIpc) is 3.19. The van der Waals surface area contributed by atoms with Crippen LogP contribution in [0.4, 0.5) is 5.82 Å². The molecule has 2 aromatic heterocycles. The normalized spacial score (nSPS) is 20.2. The van der Waals surface area contributed by atoms with Crippen molar-refractivity contribution in [3.63, 3.8) is 0 Å². The number of nitrogens with two attached hydrogens (primary N) is 1. The summed E-state index contributed by atoms with van der Waals surface area (Å²) in [6, 6.07) is 10.8. The lowest BCUT2D eigenvalue weighted by atomic mass is 9.91. The Hall–Kier alpha value is -2.67. The SMILES string of the molecule is CC(C)c1[nH]nc2c(NCc3ccccc3)nc(=NC3CCCCC3N)n(C(C)C)c12. The number of H-pyrrole nitrogens is 1. The highest BCUT2D eigenvalue weighted by atomic mass is 15.2. The second-order valence-electron chi connectivity index (χ2n) is 9.20. The minimum absolute atomic E-state index is 0.0986. The van der Waals surface area contributed by atoms with E-state index in [2.05, 4.69) is 59.9 Å². The van der Waals surface area contributed by atoms with Crippen molar-refractivity contribution in [1.29, 1.82) is 0 Å². The van der Waals surface area contributed by atoms with Crippen LogP contribution >= 0.6 is 0 Å². The van der Waals surface area contributed by atoms with Crippen molar-refractivity contribution in [2.24, 2.45) is 10.7 Å². The Morgan fingerprint density at radius 1 is 1.16 bits per heavy atom. The van der Waals surface area contributed by atoms with E-state index in [0.29, 0.717) is 12.5 Å².